The van der Waals surface area contributed by atoms with E-state index in [1.807, 2.05) is 0 Å². The number of halogens is 2. The van der Waals surface area contributed by atoms with Gasteiger partial charge in [-0.25, -0.2) is 4.39 Å². The van der Waals surface area contributed by atoms with Crippen molar-refractivity contribution in [3.05, 3.63) is 34.6 Å². The normalized spacial score (nSPS) is 24.9. The van der Waals surface area contributed by atoms with Crippen LogP contribution in [0.4, 0.5) is 4.39 Å². The SMILES string of the molecule is CC1CCCCC1NCc1cc(F)ccc1Cl. The maximum atomic E-state index is 13.1. The van der Waals surface area contributed by atoms with Crippen molar-refractivity contribution in [2.45, 2.75) is 45.2 Å². The Balaban J connectivity index is 1.94. The Bertz CT molecular complexity index is 380. The summed E-state index contributed by atoms with van der Waals surface area (Å²) in [7, 11) is 0. The molecule has 0 aliphatic heterocycles. The standard InChI is InChI=1S/C14H19ClFN/c1-10-4-2-3-5-14(10)17-9-11-8-12(16)6-7-13(11)15/h6-8,10,14,17H,2-5,9H2,1H3. The van der Waals surface area contributed by atoms with Gasteiger partial charge in [0, 0.05) is 17.6 Å². The molecule has 1 aromatic rings. The molecule has 1 aromatic carbocycles. The second-order valence-corrected chi connectivity index (χ2v) is 5.39. The minimum atomic E-state index is -0.220. The van der Waals surface area contributed by atoms with E-state index in [1.54, 1.807) is 6.07 Å². The molecule has 1 N–H and O–H groups in total. The molecular weight excluding hydrogens is 237 g/mol. The molecule has 1 aliphatic rings. The molecule has 0 aromatic heterocycles. The number of benzene rings is 1. The van der Waals surface area contributed by atoms with Crippen LogP contribution in [0.25, 0.3) is 0 Å². The van der Waals surface area contributed by atoms with Crippen LogP contribution < -0.4 is 5.32 Å². The van der Waals surface area contributed by atoms with Crippen LogP contribution in [0.3, 0.4) is 0 Å². The van der Waals surface area contributed by atoms with E-state index < -0.39 is 0 Å². The zero-order valence-electron chi connectivity index (χ0n) is 10.2. The largest absolute Gasteiger partial charge is 0.310 e. The molecule has 94 valence electrons. The molecule has 0 amide bonds. The van der Waals surface area contributed by atoms with Crippen LogP contribution in [0.1, 0.15) is 38.2 Å². The molecular formula is C14H19ClFN. The van der Waals surface area contributed by atoms with Gasteiger partial charge in [0.1, 0.15) is 5.82 Å². The summed E-state index contributed by atoms with van der Waals surface area (Å²) in [5, 5.41) is 4.15. The Morgan fingerprint density at radius 2 is 2.12 bits per heavy atom. The monoisotopic (exact) mass is 255 g/mol. The third-order valence-electron chi connectivity index (χ3n) is 3.67. The molecule has 1 nitrogen and oxygen atoms in total. The van der Waals surface area contributed by atoms with Gasteiger partial charge < -0.3 is 5.32 Å². The summed E-state index contributed by atoms with van der Waals surface area (Å²) < 4.78 is 13.1. The molecule has 17 heavy (non-hydrogen) atoms. The maximum absolute atomic E-state index is 13.1. The van der Waals surface area contributed by atoms with Crippen LogP contribution in [-0.4, -0.2) is 6.04 Å². The highest BCUT2D eigenvalue weighted by Gasteiger charge is 2.20. The molecule has 0 spiro atoms. The average Bonchev–Trinajstić information content (AvgIpc) is 2.32. The van der Waals surface area contributed by atoms with Crippen LogP contribution in [-0.2, 0) is 6.54 Å². The minimum Gasteiger partial charge on any atom is -0.310 e. The highest BCUT2D eigenvalue weighted by Crippen LogP contribution is 2.24. The lowest BCUT2D eigenvalue weighted by molar-refractivity contribution is 0.279. The van der Waals surface area contributed by atoms with Crippen molar-refractivity contribution < 1.29 is 4.39 Å². The van der Waals surface area contributed by atoms with Crippen LogP contribution in [0, 0.1) is 11.7 Å². The third kappa shape index (κ3) is 3.43. The van der Waals surface area contributed by atoms with E-state index in [2.05, 4.69) is 12.2 Å². The summed E-state index contributed by atoms with van der Waals surface area (Å²) in [6.45, 7) is 2.94. The summed E-state index contributed by atoms with van der Waals surface area (Å²) in [5.41, 5.74) is 0.851. The van der Waals surface area contributed by atoms with E-state index in [0.717, 1.165) is 5.56 Å². The van der Waals surface area contributed by atoms with Crippen molar-refractivity contribution in [1.29, 1.82) is 0 Å². The second kappa shape index (κ2) is 5.83. The van der Waals surface area contributed by atoms with E-state index in [0.29, 0.717) is 23.5 Å². The van der Waals surface area contributed by atoms with Crippen LogP contribution in [0.2, 0.25) is 5.02 Å². The van der Waals surface area contributed by atoms with E-state index in [-0.39, 0.29) is 5.82 Å². The Hall–Kier alpha value is -0.600. The highest BCUT2D eigenvalue weighted by molar-refractivity contribution is 6.31. The molecule has 1 saturated carbocycles. The van der Waals surface area contributed by atoms with Crippen LogP contribution in [0.15, 0.2) is 18.2 Å². The quantitative estimate of drug-likeness (QED) is 0.856. The van der Waals surface area contributed by atoms with Crippen molar-refractivity contribution >= 4 is 11.6 Å². The second-order valence-electron chi connectivity index (χ2n) is 4.98. The predicted octanol–water partition coefficient (Wildman–Crippen LogP) is 4.15. The molecule has 1 aliphatic carbocycles. The first-order valence-electron chi connectivity index (χ1n) is 6.34. The van der Waals surface area contributed by atoms with Crippen molar-refractivity contribution in [2.24, 2.45) is 5.92 Å². The van der Waals surface area contributed by atoms with Gasteiger partial charge in [0.2, 0.25) is 0 Å². The minimum absolute atomic E-state index is 0.220. The Morgan fingerprint density at radius 3 is 2.88 bits per heavy atom. The van der Waals surface area contributed by atoms with Gasteiger partial charge in [-0.3, -0.25) is 0 Å². The third-order valence-corrected chi connectivity index (χ3v) is 4.04. The molecule has 1 fully saturated rings. The Labute approximate surface area is 107 Å². The van der Waals surface area contributed by atoms with Crippen LogP contribution in [0.5, 0.6) is 0 Å². The molecule has 0 radical (unpaired) electrons. The lowest BCUT2D eigenvalue weighted by Gasteiger charge is -2.29. The fourth-order valence-corrected chi connectivity index (χ4v) is 2.72. The van der Waals surface area contributed by atoms with Gasteiger partial charge in [0.25, 0.3) is 0 Å². The number of hydrogen-bond acceptors (Lipinski definition) is 1. The topological polar surface area (TPSA) is 12.0 Å². The first kappa shape index (κ1) is 12.8. The smallest absolute Gasteiger partial charge is 0.123 e. The van der Waals surface area contributed by atoms with Crippen molar-refractivity contribution in [2.75, 3.05) is 0 Å². The molecule has 2 atom stereocenters. The van der Waals surface area contributed by atoms with Gasteiger partial charge in [0.05, 0.1) is 0 Å². The van der Waals surface area contributed by atoms with Crippen molar-refractivity contribution in [1.82, 2.24) is 5.32 Å². The molecule has 2 rings (SSSR count). The summed E-state index contributed by atoms with van der Waals surface area (Å²) in [4.78, 5) is 0. The first-order chi connectivity index (χ1) is 8.16. The Morgan fingerprint density at radius 1 is 1.35 bits per heavy atom. The lowest BCUT2D eigenvalue weighted by Crippen LogP contribution is -2.36. The molecule has 0 saturated heterocycles. The predicted molar refractivity (Wildman–Crippen MR) is 69.7 cm³/mol. The van der Waals surface area contributed by atoms with Crippen molar-refractivity contribution in [3.8, 4) is 0 Å². The van der Waals surface area contributed by atoms with Gasteiger partial charge in [-0.05, 0) is 42.5 Å². The zero-order chi connectivity index (χ0) is 12.3. The summed E-state index contributed by atoms with van der Waals surface area (Å²) in [5.74, 6) is 0.485. The number of rotatable bonds is 3. The van der Waals surface area contributed by atoms with Gasteiger partial charge in [-0.2, -0.15) is 0 Å². The highest BCUT2D eigenvalue weighted by atomic mass is 35.5. The van der Waals surface area contributed by atoms with Gasteiger partial charge >= 0.3 is 0 Å². The summed E-state index contributed by atoms with van der Waals surface area (Å²) >= 11 is 6.04. The average molecular weight is 256 g/mol. The molecule has 0 bridgehead atoms. The van der Waals surface area contributed by atoms with E-state index >= 15 is 0 Å². The van der Waals surface area contributed by atoms with E-state index in [1.165, 1.54) is 37.8 Å². The van der Waals surface area contributed by atoms with Crippen LogP contribution >= 0.6 is 11.6 Å². The molecule has 2 unspecified atom stereocenters. The fraction of sp³-hybridized carbons (Fsp3) is 0.571. The van der Waals surface area contributed by atoms with Gasteiger partial charge in [-0.1, -0.05) is 31.4 Å². The van der Waals surface area contributed by atoms with Gasteiger partial charge in [0.15, 0.2) is 0 Å². The summed E-state index contributed by atoms with van der Waals surface area (Å²) in [6, 6.07) is 5.08. The van der Waals surface area contributed by atoms with Crippen molar-refractivity contribution in [3.63, 3.8) is 0 Å². The summed E-state index contributed by atoms with van der Waals surface area (Å²) in [6.07, 6.45) is 5.13. The number of nitrogens with one attached hydrogen (secondary N) is 1. The molecule has 3 heteroatoms. The van der Waals surface area contributed by atoms with E-state index in [4.69, 9.17) is 11.6 Å². The first-order valence-corrected chi connectivity index (χ1v) is 6.72. The van der Waals surface area contributed by atoms with Gasteiger partial charge in [-0.15, -0.1) is 0 Å². The maximum Gasteiger partial charge on any atom is 0.123 e. The number of hydrogen-bond donors (Lipinski definition) is 1. The lowest BCUT2D eigenvalue weighted by atomic mass is 9.86. The fourth-order valence-electron chi connectivity index (χ4n) is 2.54. The molecule has 0 heterocycles. The Kier molecular flexibility index (Phi) is 4.41. The van der Waals surface area contributed by atoms with E-state index in [9.17, 15) is 4.39 Å². The zero-order valence-corrected chi connectivity index (χ0v) is 10.9.